The first kappa shape index (κ1) is 6.71. The molecule has 0 aromatic carbocycles. The Morgan fingerprint density at radius 2 is 2.00 bits per heavy atom. The summed E-state index contributed by atoms with van der Waals surface area (Å²) < 4.78 is 0. The average Bonchev–Trinajstić information content (AvgIpc) is 1.98. The van der Waals surface area contributed by atoms with E-state index >= 15 is 0 Å². The van der Waals surface area contributed by atoms with Crippen molar-refractivity contribution in [1.29, 1.82) is 0 Å². The highest BCUT2D eigenvalue weighted by Gasteiger charge is 2.30. The van der Waals surface area contributed by atoms with Gasteiger partial charge in [-0.3, -0.25) is 4.99 Å². The monoisotopic (exact) mass is 129 g/mol. The van der Waals surface area contributed by atoms with Crippen LogP contribution in [-0.2, 0) is 0 Å². The van der Waals surface area contributed by atoms with E-state index in [2.05, 4.69) is 4.99 Å². The number of aliphatic imine (C=N–C) groups is 1. The summed E-state index contributed by atoms with van der Waals surface area (Å²) in [5.41, 5.74) is 0.634. The van der Waals surface area contributed by atoms with Crippen molar-refractivity contribution in [1.82, 2.24) is 0 Å². The van der Waals surface area contributed by atoms with E-state index in [0.29, 0.717) is 5.71 Å². The molecule has 9 heavy (non-hydrogen) atoms. The summed E-state index contributed by atoms with van der Waals surface area (Å²) in [7, 11) is 0. The first-order valence-corrected chi connectivity index (χ1v) is 3.03. The molecule has 0 spiro atoms. The van der Waals surface area contributed by atoms with Gasteiger partial charge in [0.15, 0.2) is 0 Å². The SMILES string of the molecule is CC1=NC(C)[C@@H](O)[C@H]1O. The summed E-state index contributed by atoms with van der Waals surface area (Å²) in [6, 6.07) is -0.139. The van der Waals surface area contributed by atoms with Gasteiger partial charge in [0, 0.05) is 5.71 Å². The topological polar surface area (TPSA) is 52.8 Å². The highest BCUT2D eigenvalue weighted by atomic mass is 16.3. The number of hydrogen-bond donors (Lipinski definition) is 2. The predicted octanol–water partition coefficient (Wildman–Crippen LogP) is -0.429. The molecule has 1 aliphatic heterocycles. The largest absolute Gasteiger partial charge is 0.388 e. The Labute approximate surface area is 54.0 Å². The summed E-state index contributed by atoms with van der Waals surface area (Å²) in [4.78, 5) is 3.97. The van der Waals surface area contributed by atoms with Crippen LogP contribution in [0.5, 0.6) is 0 Å². The summed E-state index contributed by atoms with van der Waals surface area (Å²) in [6.07, 6.45) is -1.43. The van der Waals surface area contributed by atoms with Crippen LogP contribution < -0.4 is 0 Å². The van der Waals surface area contributed by atoms with Gasteiger partial charge in [-0.15, -0.1) is 0 Å². The molecule has 0 amide bonds. The van der Waals surface area contributed by atoms with Gasteiger partial charge in [0.2, 0.25) is 0 Å². The lowest BCUT2D eigenvalue weighted by Gasteiger charge is -2.09. The molecule has 52 valence electrons. The zero-order valence-electron chi connectivity index (χ0n) is 5.57. The molecule has 0 saturated heterocycles. The van der Waals surface area contributed by atoms with Crippen LogP contribution in [0.25, 0.3) is 0 Å². The summed E-state index contributed by atoms with van der Waals surface area (Å²) in [5, 5.41) is 18.1. The predicted molar refractivity (Wildman–Crippen MR) is 34.6 cm³/mol. The molecule has 0 bridgehead atoms. The van der Waals surface area contributed by atoms with Gasteiger partial charge < -0.3 is 10.2 Å². The zero-order valence-corrected chi connectivity index (χ0v) is 5.57. The lowest BCUT2D eigenvalue weighted by Crippen LogP contribution is -2.31. The van der Waals surface area contributed by atoms with Crippen LogP contribution >= 0.6 is 0 Å². The molecule has 0 aliphatic carbocycles. The highest BCUT2D eigenvalue weighted by Crippen LogP contribution is 2.13. The van der Waals surface area contributed by atoms with Gasteiger partial charge in [-0.1, -0.05) is 0 Å². The van der Waals surface area contributed by atoms with Gasteiger partial charge >= 0.3 is 0 Å². The molecular weight excluding hydrogens is 118 g/mol. The van der Waals surface area contributed by atoms with Crippen molar-refractivity contribution >= 4 is 5.71 Å². The fourth-order valence-electron chi connectivity index (χ4n) is 0.985. The highest BCUT2D eigenvalue weighted by molar-refractivity contribution is 5.88. The quantitative estimate of drug-likeness (QED) is 0.466. The van der Waals surface area contributed by atoms with E-state index in [9.17, 15) is 0 Å². The summed E-state index contributed by atoms with van der Waals surface area (Å²) in [6.45, 7) is 3.50. The first-order chi connectivity index (χ1) is 4.13. The molecule has 0 radical (unpaired) electrons. The maximum atomic E-state index is 9.07. The molecule has 0 aromatic heterocycles. The van der Waals surface area contributed by atoms with Crippen LogP contribution in [0, 0.1) is 0 Å². The number of aliphatic hydroxyl groups excluding tert-OH is 2. The molecule has 1 rings (SSSR count). The molecule has 0 fully saturated rings. The first-order valence-electron chi connectivity index (χ1n) is 3.03. The fraction of sp³-hybridized carbons (Fsp3) is 0.833. The average molecular weight is 129 g/mol. The van der Waals surface area contributed by atoms with Crippen LogP contribution in [0.1, 0.15) is 13.8 Å². The molecule has 3 atom stereocenters. The Hall–Kier alpha value is -0.410. The Balaban J connectivity index is 2.70. The smallest absolute Gasteiger partial charge is 0.119 e. The molecule has 1 unspecified atom stereocenters. The van der Waals surface area contributed by atoms with Crippen molar-refractivity contribution < 1.29 is 10.2 Å². The molecule has 1 heterocycles. The third kappa shape index (κ3) is 0.976. The zero-order chi connectivity index (χ0) is 7.02. The Kier molecular flexibility index (Phi) is 1.55. The van der Waals surface area contributed by atoms with Crippen LogP contribution in [0.15, 0.2) is 4.99 Å². The van der Waals surface area contributed by atoms with E-state index in [1.54, 1.807) is 13.8 Å². The molecule has 1 aliphatic rings. The molecule has 0 saturated carbocycles. The Morgan fingerprint density at radius 1 is 1.44 bits per heavy atom. The summed E-state index contributed by atoms with van der Waals surface area (Å²) >= 11 is 0. The minimum absolute atomic E-state index is 0.139. The van der Waals surface area contributed by atoms with Crippen LogP contribution in [-0.4, -0.2) is 34.2 Å². The minimum Gasteiger partial charge on any atom is -0.388 e. The molecule has 0 aromatic rings. The van der Waals surface area contributed by atoms with E-state index < -0.39 is 12.2 Å². The standard InChI is InChI=1S/C6H11NO2/c1-3-5(8)6(9)4(2)7-3/h3,5-6,8-9H,1-2H3/t3?,5-,6+/m1/s1. The van der Waals surface area contributed by atoms with Crippen LogP contribution in [0.3, 0.4) is 0 Å². The second-order valence-corrected chi connectivity index (χ2v) is 2.45. The van der Waals surface area contributed by atoms with Crippen molar-refractivity contribution in [3.63, 3.8) is 0 Å². The number of hydrogen-bond acceptors (Lipinski definition) is 3. The van der Waals surface area contributed by atoms with Crippen molar-refractivity contribution in [2.75, 3.05) is 0 Å². The van der Waals surface area contributed by atoms with Crippen molar-refractivity contribution in [3.8, 4) is 0 Å². The number of aliphatic hydroxyl groups is 2. The van der Waals surface area contributed by atoms with E-state index in [0.717, 1.165) is 0 Å². The lowest BCUT2D eigenvalue weighted by atomic mass is 10.1. The van der Waals surface area contributed by atoms with Crippen molar-refractivity contribution in [3.05, 3.63) is 0 Å². The molecule has 3 nitrogen and oxygen atoms in total. The number of rotatable bonds is 0. The number of nitrogens with zero attached hydrogens (tertiary/aromatic N) is 1. The lowest BCUT2D eigenvalue weighted by molar-refractivity contribution is 0.0589. The van der Waals surface area contributed by atoms with Gasteiger partial charge in [0.05, 0.1) is 6.04 Å². The Morgan fingerprint density at radius 3 is 2.11 bits per heavy atom. The van der Waals surface area contributed by atoms with E-state index in [4.69, 9.17) is 10.2 Å². The van der Waals surface area contributed by atoms with Crippen LogP contribution in [0.2, 0.25) is 0 Å². The van der Waals surface area contributed by atoms with Gasteiger partial charge in [0.25, 0.3) is 0 Å². The van der Waals surface area contributed by atoms with Gasteiger partial charge in [-0.05, 0) is 13.8 Å². The summed E-state index contributed by atoms with van der Waals surface area (Å²) in [5.74, 6) is 0. The van der Waals surface area contributed by atoms with E-state index in [-0.39, 0.29) is 6.04 Å². The van der Waals surface area contributed by atoms with Crippen molar-refractivity contribution in [2.24, 2.45) is 4.99 Å². The van der Waals surface area contributed by atoms with E-state index in [1.165, 1.54) is 0 Å². The minimum atomic E-state index is -0.736. The maximum absolute atomic E-state index is 9.07. The van der Waals surface area contributed by atoms with Crippen LogP contribution in [0.4, 0.5) is 0 Å². The second kappa shape index (κ2) is 2.08. The van der Waals surface area contributed by atoms with Gasteiger partial charge in [-0.2, -0.15) is 0 Å². The third-order valence-electron chi connectivity index (χ3n) is 1.65. The van der Waals surface area contributed by atoms with Gasteiger partial charge in [-0.25, -0.2) is 0 Å². The normalized spacial score (nSPS) is 43.1. The van der Waals surface area contributed by atoms with Gasteiger partial charge in [0.1, 0.15) is 12.2 Å². The molecule has 3 heteroatoms. The maximum Gasteiger partial charge on any atom is 0.119 e. The van der Waals surface area contributed by atoms with E-state index in [1.807, 2.05) is 0 Å². The molecular formula is C6H11NO2. The van der Waals surface area contributed by atoms with Crippen molar-refractivity contribution in [2.45, 2.75) is 32.1 Å². The second-order valence-electron chi connectivity index (χ2n) is 2.45. The Bertz CT molecular complexity index is 144. The third-order valence-corrected chi connectivity index (χ3v) is 1.65. The fourth-order valence-corrected chi connectivity index (χ4v) is 0.985. The molecule has 2 N–H and O–H groups in total.